The summed E-state index contributed by atoms with van der Waals surface area (Å²) in [7, 11) is 0. The zero-order chi connectivity index (χ0) is 22.8. The molecule has 0 fully saturated rings. The van der Waals surface area contributed by atoms with E-state index in [0.29, 0.717) is 36.7 Å². The lowest BCUT2D eigenvalue weighted by molar-refractivity contribution is -0.156. The second-order valence-electron chi connectivity index (χ2n) is 6.88. The van der Waals surface area contributed by atoms with Crippen LogP contribution in [0.3, 0.4) is 0 Å². The van der Waals surface area contributed by atoms with Crippen molar-refractivity contribution in [2.24, 2.45) is 4.99 Å². The minimum atomic E-state index is -1.39. The molecule has 1 aliphatic heterocycles. The van der Waals surface area contributed by atoms with E-state index in [9.17, 15) is 9.59 Å². The van der Waals surface area contributed by atoms with Crippen LogP contribution in [0, 0.1) is 0 Å². The smallest absolute Gasteiger partial charge is 0.342 e. The molecule has 0 radical (unpaired) electrons. The Balaban J connectivity index is 1.74. The Labute approximate surface area is 187 Å². The van der Waals surface area contributed by atoms with Gasteiger partial charge in [-0.05, 0) is 49.1 Å². The molecule has 1 heterocycles. The molecular weight excluding hydrogens is 414 g/mol. The first-order valence-corrected chi connectivity index (χ1v) is 10.5. The zero-order valence-electron chi connectivity index (χ0n) is 18.2. The third kappa shape index (κ3) is 6.31. The fraction of sp³-hybridized carbons (Fsp3) is 0.375. The molecule has 2 aromatic carbocycles. The van der Waals surface area contributed by atoms with Gasteiger partial charge in [-0.15, -0.1) is 0 Å². The van der Waals surface area contributed by atoms with Crippen molar-refractivity contribution < 1.29 is 33.3 Å². The van der Waals surface area contributed by atoms with Crippen molar-refractivity contribution in [3.63, 3.8) is 0 Å². The van der Waals surface area contributed by atoms with Crippen molar-refractivity contribution in [1.29, 1.82) is 0 Å². The topological polar surface area (TPSA) is 92.7 Å². The van der Waals surface area contributed by atoms with Crippen LogP contribution >= 0.6 is 0 Å². The number of fused-ring (bicyclic) bond motifs is 1. The van der Waals surface area contributed by atoms with Gasteiger partial charge in [0, 0.05) is 6.21 Å². The standard InChI is InChI=1S/C24H27NO7/c1-3-29-23(26)22(24(27)30-4-2)25-14-19-13-21-20(31-16-32-21)12-18(19)10-11-28-15-17-8-6-5-7-9-17/h5-9,12-14,22H,3-4,10-11,15-16H2,1-2H3. The van der Waals surface area contributed by atoms with Crippen LogP contribution in [-0.2, 0) is 36.8 Å². The first-order chi connectivity index (χ1) is 15.6. The number of nitrogens with zero attached hydrogens (tertiary/aromatic N) is 1. The van der Waals surface area contributed by atoms with Crippen LogP contribution in [0.25, 0.3) is 0 Å². The van der Waals surface area contributed by atoms with Crippen molar-refractivity contribution in [2.45, 2.75) is 32.9 Å². The highest BCUT2D eigenvalue weighted by Gasteiger charge is 2.28. The maximum absolute atomic E-state index is 12.2. The Morgan fingerprint density at radius 3 is 2.34 bits per heavy atom. The first-order valence-electron chi connectivity index (χ1n) is 10.5. The van der Waals surface area contributed by atoms with E-state index >= 15 is 0 Å². The number of carbonyl (C=O) groups excluding carboxylic acids is 2. The molecule has 0 saturated heterocycles. The second kappa shape index (κ2) is 11.9. The van der Waals surface area contributed by atoms with E-state index in [-0.39, 0.29) is 20.0 Å². The fourth-order valence-electron chi connectivity index (χ4n) is 3.10. The Morgan fingerprint density at radius 1 is 1.03 bits per heavy atom. The Morgan fingerprint density at radius 2 is 1.69 bits per heavy atom. The monoisotopic (exact) mass is 441 g/mol. The summed E-state index contributed by atoms with van der Waals surface area (Å²) < 4.78 is 26.7. The molecule has 8 nitrogen and oxygen atoms in total. The summed E-state index contributed by atoms with van der Waals surface area (Å²) in [5, 5.41) is 0. The number of esters is 2. The van der Waals surface area contributed by atoms with Crippen molar-refractivity contribution in [3.05, 3.63) is 59.2 Å². The highest BCUT2D eigenvalue weighted by atomic mass is 16.7. The minimum Gasteiger partial charge on any atom is -0.464 e. The van der Waals surface area contributed by atoms with Gasteiger partial charge in [-0.3, -0.25) is 4.99 Å². The molecule has 0 saturated carbocycles. The van der Waals surface area contributed by atoms with Gasteiger partial charge in [-0.25, -0.2) is 9.59 Å². The second-order valence-corrected chi connectivity index (χ2v) is 6.88. The molecule has 0 atom stereocenters. The molecule has 0 aliphatic carbocycles. The third-order valence-electron chi connectivity index (χ3n) is 4.64. The quantitative estimate of drug-likeness (QED) is 0.229. The van der Waals surface area contributed by atoms with Crippen molar-refractivity contribution >= 4 is 18.2 Å². The number of ether oxygens (including phenoxy) is 5. The Bertz CT molecular complexity index is 925. The molecule has 170 valence electrons. The summed E-state index contributed by atoms with van der Waals surface area (Å²) in [4.78, 5) is 28.6. The summed E-state index contributed by atoms with van der Waals surface area (Å²) in [5.74, 6) is -0.303. The van der Waals surface area contributed by atoms with E-state index in [1.807, 2.05) is 36.4 Å². The molecular formula is C24H27NO7. The van der Waals surface area contributed by atoms with Crippen LogP contribution in [0.2, 0.25) is 0 Å². The molecule has 0 aromatic heterocycles. The van der Waals surface area contributed by atoms with Crippen molar-refractivity contribution in [1.82, 2.24) is 0 Å². The van der Waals surface area contributed by atoms with E-state index in [2.05, 4.69) is 4.99 Å². The van der Waals surface area contributed by atoms with Crippen LogP contribution in [0.4, 0.5) is 0 Å². The normalized spacial score (nSPS) is 12.3. The van der Waals surface area contributed by atoms with Gasteiger partial charge in [-0.1, -0.05) is 30.3 Å². The van der Waals surface area contributed by atoms with E-state index in [1.165, 1.54) is 6.21 Å². The number of hydrogen-bond acceptors (Lipinski definition) is 8. The molecule has 8 heteroatoms. The van der Waals surface area contributed by atoms with Gasteiger partial charge >= 0.3 is 11.9 Å². The maximum atomic E-state index is 12.2. The van der Waals surface area contributed by atoms with Gasteiger partial charge in [0.1, 0.15) is 0 Å². The van der Waals surface area contributed by atoms with Gasteiger partial charge < -0.3 is 23.7 Å². The summed E-state index contributed by atoms with van der Waals surface area (Å²) in [6.07, 6.45) is 2.04. The molecule has 0 unspecified atom stereocenters. The summed E-state index contributed by atoms with van der Waals surface area (Å²) in [6, 6.07) is 12.1. The molecule has 3 rings (SSSR count). The molecule has 0 amide bonds. The molecule has 0 N–H and O–H groups in total. The van der Waals surface area contributed by atoms with Gasteiger partial charge in [0.25, 0.3) is 0 Å². The summed E-state index contributed by atoms with van der Waals surface area (Å²) in [5.41, 5.74) is 2.67. The van der Waals surface area contributed by atoms with Gasteiger partial charge in [0.15, 0.2) is 11.5 Å². The lowest BCUT2D eigenvalue weighted by atomic mass is 10.0. The van der Waals surface area contributed by atoms with Crippen LogP contribution in [-0.4, -0.2) is 50.8 Å². The highest BCUT2D eigenvalue weighted by Crippen LogP contribution is 2.34. The lowest BCUT2D eigenvalue weighted by Crippen LogP contribution is -2.32. The van der Waals surface area contributed by atoms with E-state index in [1.54, 1.807) is 19.9 Å². The van der Waals surface area contributed by atoms with Gasteiger partial charge in [0.2, 0.25) is 12.8 Å². The molecule has 0 bridgehead atoms. The van der Waals surface area contributed by atoms with Crippen LogP contribution < -0.4 is 9.47 Å². The number of rotatable bonds is 11. The minimum absolute atomic E-state index is 0.133. The van der Waals surface area contributed by atoms with Crippen molar-refractivity contribution in [2.75, 3.05) is 26.6 Å². The fourth-order valence-corrected chi connectivity index (χ4v) is 3.10. The number of carbonyl (C=O) groups is 2. The summed E-state index contributed by atoms with van der Waals surface area (Å²) >= 11 is 0. The molecule has 32 heavy (non-hydrogen) atoms. The predicted octanol–water partition coefficient (Wildman–Crippen LogP) is 3.09. The zero-order valence-corrected chi connectivity index (χ0v) is 18.2. The predicted molar refractivity (Wildman–Crippen MR) is 117 cm³/mol. The van der Waals surface area contributed by atoms with Gasteiger partial charge in [0.05, 0.1) is 26.4 Å². The van der Waals surface area contributed by atoms with E-state index in [0.717, 1.165) is 11.1 Å². The van der Waals surface area contributed by atoms with Crippen LogP contribution in [0.15, 0.2) is 47.5 Å². The third-order valence-corrected chi connectivity index (χ3v) is 4.64. The Hall–Kier alpha value is -3.39. The molecule has 0 spiro atoms. The van der Waals surface area contributed by atoms with Gasteiger partial charge in [-0.2, -0.15) is 0 Å². The number of hydrogen-bond donors (Lipinski definition) is 0. The average Bonchev–Trinajstić information content (AvgIpc) is 3.25. The highest BCUT2D eigenvalue weighted by molar-refractivity contribution is 6.01. The molecule has 1 aliphatic rings. The number of aliphatic imine (C=N–C) groups is 1. The van der Waals surface area contributed by atoms with Crippen LogP contribution in [0.5, 0.6) is 11.5 Å². The van der Waals surface area contributed by atoms with E-state index < -0.39 is 18.0 Å². The van der Waals surface area contributed by atoms with E-state index in [4.69, 9.17) is 23.7 Å². The van der Waals surface area contributed by atoms with Crippen molar-refractivity contribution in [3.8, 4) is 11.5 Å². The summed E-state index contributed by atoms with van der Waals surface area (Å²) in [6.45, 7) is 4.70. The van der Waals surface area contributed by atoms with Crippen LogP contribution in [0.1, 0.15) is 30.5 Å². The number of benzene rings is 2. The Kier molecular flexibility index (Phi) is 8.62. The molecule has 2 aromatic rings. The lowest BCUT2D eigenvalue weighted by Gasteiger charge is -2.12. The largest absolute Gasteiger partial charge is 0.464 e. The SMILES string of the molecule is CCOC(=O)C(N=Cc1cc2c(cc1CCOCc1ccccc1)OCO2)C(=O)OCC. The average molecular weight is 441 g/mol. The maximum Gasteiger partial charge on any atom is 0.342 e. The first kappa shape index (κ1) is 23.3.